The van der Waals surface area contributed by atoms with E-state index in [1.807, 2.05) is 19.9 Å². The predicted molar refractivity (Wildman–Crippen MR) is 75.0 cm³/mol. The molecular weight excluding hydrogens is 257 g/mol. The van der Waals surface area contributed by atoms with Crippen molar-refractivity contribution < 1.29 is 9.13 Å². The molecule has 5 heteroatoms. The van der Waals surface area contributed by atoms with Gasteiger partial charge in [-0.1, -0.05) is 6.07 Å². The minimum atomic E-state index is -0.357. The summed E-state index contributed by atoms with van der Waals surface area (Å²) >= 11 is 0. The summed E-state index contributed by atoms with van der Waals surface area (Å²) in [5.41, 5.74) is 1.58. The maximum absolute atomic E-state index is 14.3. The molecule has 0 aliphatic rings. The SMILES string of the molecule is CC(C)Oc1cccc(F)c1-c1ncnc2[nH]ccc12. The number of rotatable bonds is 3. The third kappa shape index (κ3) is 2.11. The molecule has 0 bridgehead atoms. The van der Waals surface area contributed by atoms with Gasteiger partial charge in [0.25, 0.3) is 0 Å². The normalized spacial score (nSPS) is 11.2. The lowest BCUT2D eigenvalue weighted by Gasteiger charge is -2.14. The monoisotopic (exact) mass is 271 g/mol. The molecule has 2 aromatic heterocycles. The van der Waals surface area contributed by atoms with Crippen LogP contribution in [0.5, 0.6) is 5.75 Å². The third-order valence-corrected chi connectivity index (χ3v) is 2.93. The van der Waals surface area contributed by atoms with Crippen molar-refractivity contribution in [3.63, 3.8) is 0 Å². The fourth-order valence-electron chi connectivity index (χ4n) is 2.16. The lowest BCUT2D eigenvalue weighted by Crippen LogP contribution is -2.07. The number of nitrogens with one attached hydrogen (secondary N) is 1. The molecule has 4 nitrogen and oxygen atoms in total. The highest BCUT2D eigenvalue weighted by Gasteiger charge is 2.17. The van der Waals surface area contributed by atoms with Crippen LogP contribution in [0.4, 0.5) is 4.39 Å². The Morgan fingerprint density at radius 3 is 2.85 bits per heavy atom. The smallest absolute Gasteiger partial charge is 0.141 e. The number of ether oxygens (including phenoxy) is 1. The van der Waals surface area contributed by atoms with Gasteiger partial charge in [0.2, 0.25) is 0 Å². The molecule has 0 atom stereocenters. The zero-order valence-electron chi connectivity index (χ0n) is 11.2. The van der Waals surface area contributed by atoms with Crippen LogP contribution in [0.3, 0.4) is 0 Å². The average Bonchev–Trinajstić information content (AvgIpc) is 2.86. The van der Waals surface area contributed by atoms with Crippen LogP contribution in [0, 0.1) is 5.82 Å². The van der Waals surface area contributed by atoms with Gasteiger partial charge < -0.3 is 9.72 Å². The summed E-state index contributed by atoms with van der Waals surface area (Å²) < 4.78 is 20.0. The van der Waals surface area contributed by atoms with E-state index in [-0.39, 0.29) is 11.9 Å². The number of halogens is 1. The van der Waals surface area contributed by atoms with E-state index in [1.54, 1.807) is 18.3 Å². The van der Waals surface area contributed by atoms with Crippen molar-refractivity contribution in [2.24, 2.45) is 0 Å². The van der Waals surface area contributed by atoms with E-state index in [4.69, 9.17) is 4.74 Å². The van der Waals surface area contributed by atoms with Crippen LogP contribution in [-0.4, -0.2) is 21.1 Å². The molecule has 0 aliphatic heterocycles. The number of hydrogen-bond donors (Lipinski definition) is 1. The van der Waals surface area contributed by atoms with Crippen molar-refractivity contribution in [2.75, 3.05) is 0 Å². The Morgan fingerprint density at radius 1 is 1.20 bits per heavy atom. The van der Waals surface area contributed by atoms with E-state index in [1.165, 1.54) is 12.4 Å². The summed E-state index contributed by atoms with van der Waals surface area (Å²) in [5.74, 6) is 0.130. The van der Waals surface area contributed by atoms with E-state index in [9.17, 15) is 4.39 Å². The summed E-state index contributed by atoms with van der Waals surface area (Å²) in [6.45, 7) is 3.81. The van der Waals surface area contributed by atoms with Crippen molar-refractivity contribution in [3.05, 3.63) is 42.6 Å². The summed E-state index contributed by atoms with van der Waals surface area (Å²) in [4.78, 5) is 11.3. The number of aromatic amines is 1. The maximum atomic E-state index is 14.3. The molecule has 20 heavy (non-hydrogen) atoms. The largest absolute Gasteiger partial charge is 0.490 e. The van der Waals surface area contributed by atoms with Gasteiger partial charge in [-0.3, -0.25) is 0 Å². The summed E-state index contributed by atoms with van der Waals surface area (Å²) in [5, 5.41) is 0.770. The number of benzene rings is 1. The van der Waals surface area contributed by atoms with Gasteiger partial charge >= 0.3 is 0 Å². The lowest BCUT2D eigenvalue weighted by atomic mass is 10.1. The third-order valence-electron chi connectivity index (χ3n) is 2.93. The fourth-order valence-corrected chi connectivity index (χ4v) is 2.16. The zero-order chi connectivity index (χ0) is 14.1. The van der Waals surface area contributed by atoms with Gasteiger partial charge in [-0.25, -0.2) is 14.4 Å². The Labute approximate surface area is 115 Å². The Kier molecular flexibility index (Phi) is 3.10. The van der Waals surface area contributed by atoms with Crippen LogP contribution in [0.25, 0.3) is 22.3 Å². The Balaban J connectivity index is 2.25. The van der Waals surface area contributed by atoms with Crippen molar-refractivity contribution in [1.82, 2.24) is 15.0 Å². The van der Waals surface area contributed by atoms with Crippen LogP contribution in [0.15, 0.2) is 36.8 Å². The van der Waals surface area contributed by atoms with Crippen LogP contribution < -0.4 is 4.74 Å². The first kappa shape index (κ1) is 12.6. The van der Waals surface area contributed by atoms with E-state index < -0.39 is 0 Å². The number of hydrogen-bond acceptors (Lipinski definition) is 3. The molecule has 0 unspecified atom stereocenters. The molecule has 0 spiro atoms. The molecule has 0 aliphatic carbocycles. The first-order valence-electron chi connectivity index (χ1n) is 6.40. The molecule has 0 fully saturated rings. The van der Waals surface area contributed by atoms with Gasteiger partial charge in [-0.05, 0) is 32.0 Å². The van der Waals surface area contributed by atoms with E-state index >= 15 is 0 Å². The maximum Gasteiger partial charge on any atom is 0.141 e. The molecule has 1 aromatic carbocycles. The van der Waals surface area contributed by atoms with Crippen molar-refractivity contribution in [3.8, 4) is 17.0 Å². The van der Waals surface area contributed by atoms with Crippen molar-refractivity contribution in [1.29, 1.82) is 0 Å². The van der Waals surface area contributed by atoms with E-state index in [0.29, 0.717) is 22.7 Å². The second kappa shape index (κ2) is 4.92. The Morgan fingerprint density at radius 2 is 2.05 bits per heavy atom. The zero-order valence-corrected chi connectivity index (χ0v) is 11.2. The highest BCUT2D eigenvalue weighted by molar-refractivity contribution is 5.92. The Bertz CT molecular complexity index is 752. The first-order valence-corrected chi connectivity index (χ1v) is 6.40. The molecular formula is C15H14FN3O. The molecule has 102 valence electrons. The highest BCUT2D eigenvalue weighted by atomic mass is 19.1. The molecule has 0 radical (unpaired) electrons. The van der Waals surface area contributed by atoms with Crippen molar-refractivity contribution >= 4 is 11.0 Å². The van der Waals surface area contributed by atoms with Crippen LogP contribution in [0.1, 0.15) is 13.8 Å². The average molecular weight is 271 g/mol. The van der Waals surface area contributed by atoms with Gasteiger partial charge in [0.1, 0.15) is 23.5 Å². The predicted octanol–water partition coefficient (Wildman–Crippen LogP) is 3.55. The second-order valence-corrected chi connectivity index (χ2v) is 4.74. The Hall–Kier alpha value is -2.43. The minimum absolute atomic E-state index is 0.0425. The van der Waals surface area contributed by atoms with E-state index in [2.05, 4.69) is 15.0 Å². The van der Waals surface area contributed by atoms with Gasteiger partial charge in [0, 0.05) is 11.6 Å². The highest BCUT2D eigenvalue weighted by Crippen LogP contribution is 2.35. The van der Waals surface area contributed by atoms with Gasteiger partial charge in [-0.2, -0.15) is 0 Å². The number of H-pyrrole nitrogens is 1. The lowest BCUT2D eigenvalue weighted by molar-refractivity contribution is 0.242. The molecule has 3 rings (SSSR count). The van der Waals surface area contributed by atoms with Gasteiger partial charge in [0.15, 0.2) is 0 Å². The fraction of sp³-hybridized carbons (Fsp3) is 0.200. The summed E-state index contributed by atoms with van der Waals surface area (Å²) in [6.07, 6.45) is 3.13. The molecule has 2 heterocycles. The standard InChI is InChI=1S/C15H14FN3O/c1-9(2)20-12-5-3-4-11(16)13(12)14-10-6-7-17-15(10)19-8-18-14/h3-9H,1-2H3,(H,17,18,19). The van der Waals surface area contributed by atoms with Crippen molar-refractivity contribution in [2.45, 2.75) is 20.0 Å². The van der Waals surface area contributed by atoms with Gasteiger partial charge in [0.05, 0.1) is 17.4 Å². The number of nitrogens with zero attached hydrogens (tertiary/aromatic N) is 2. The van der Waals surface area contributed by atoms with Crippen LogP contribution in [0.2, 0.25) is 0 Å². The molecule has 0 saturated carbocycles. The molecule has 1 N–H and O–H groups in total. The van der Waals surface area contributed by atoms with Gasteiger partial charge in [-0.15, -0.1) is 0 Å². The minimum Gasteiger partial charge on any atom is -0.490 e. The second-order valence-electron chi connectivity index (χ2n) is 4.74. The number of fused-ring (bicyclic) bond motifs is 1. The topological polar surface area (TPSA) is 50.8 Å². The van der Waals surface area contributed by atoms with Crippen LogP contribution in [-0.2, 0) is 0 Å². The summed E-state index contributed by atoms with van der Waals surface area (Å²) in [6, 6.07) is 6.62. The summed E-state index contributed by atoms with van der Waals surface area (Å²) in [7, 11) is 0. The van der Waals surface area contributed by atoms with Crippen LogP contribution >= 0.6 is 0 Å². The molecule has 3 aromatic rings. The van der Waals surface area contributed by atoms with E-state index in [0.717, 1.165) is 5.39 Å². The number of aromatic nitrogens is 3. The quantitative estimate of drug-likeness (QED) is 0.792. The molecule has 0 saturated heterocycles. The molecule has 0 amide bonds. The first-order chi connectivity index (χ1) is 9.66.